The highest BCUT2D eigenvalue weighted by molar-refractivity contribution is 7.99. The lowest BCUT2D eigenvalue weighted by atomic mass is 9.99. The predicted molar refractivity (Wildman–Crippen MR) is 148 cm³/mol. The monoisotopic (exact) mass is 479 g/mol. The summed E-state index contributed by atoms with van der Waals surface area (Å²) in [7, 11) is 1.71. The van der Waals surface area contributed by atoms with Gasteiger partial charge in [0.25, 0.3) is 0 Å². The highest BCUT2D eigenvalue weighted by Crippen LogP contribution is 2.38. The van der Waals surface area contributed by atoms with Crippen molar-refractivity contribution in [3.63, 3.8) is 0 Å². The zero-order valence-corrected chi connectivity index (χ0v) is 22.6. The maximum Gasteiger partial charge on any atom is 0.133 e. The number of aryl methyl sites for hydroxylation is 2. The van der Waals surface area contributed by atoms with Crippen molar-refractivity contribution in [2.75, 3.05) is 19.0 Å². The minimum absolute atomic E-state index is 0.679. The number of methoxy groups -OCH3 is 1. The Hall–Kier alpha value is -2.59. The molecular formula is C30H41NO2S. The first-order chi connectivity index (χ1) is 16.7. The van der Waals surface area contributed by atoms with E-state index in [1.807, 2.05) is 32.0 Å². The van der Waals surface area contributed by atoms with Crippen molar-refractivity contribution in [1.82, 2.24) is 0 Å². The maximum atomic E-state index is 6.02. The van der Waals surface area contributed by atoms with E-state index in [0.29, 0.717) is 6.61 Å². The normalized spacial score (nSPS) is 10.3. The van der Waals surface area contributed by atoms with Gasteiger partial charge in [-0.15, -0.1) is 0 Å². The second-order valence-electron chi connectivity index (χ2n) is 7.79. The number of nitrogens with one attached hydrogen (secondary N) is 1. The fourth-order valence-electron chi connectivity index (χ4n) is 3.81. The number of anilines is 1. The summed E-state index contributed by atoms with van der Waals surface area (Å²) in [5.74, 6) is 1.91. The van der Waals surface area contributed by atoms with Gasteiger partial charge in [-0.3, -0.25) is 0 Å². The van der Waals surface area contributed by atoms with Crippen molar-refractivity contribution in [1.29, 1.82) is 0 Å². The van der Waals surface area contributed by atoms with Crippen LogP contribution in [0, 0.1) is 0 Å². The quantitative estimate of drug-likeness (QED) is 0.281. The molecule has 4 heteroatoms. The Morgan fingerprint density at radius 1 is 0.765 bits per heavy atom. The molecule has 0 aliphatic carbocycles. The molecule has 0 heterocycles. The van der Waals surface area contributed by atoms with Crippen LogP contribution in [0.1, 0.15) is 64.2 Å². The second kappa shape index (κ2) is 15.3. The number of benzene rings is 3. The van der Waals surface area contributed by atoms with Gasteiger partial charge in [0.2, 0.25) is 0 Å². The third-order valence-electron chi connectivity index (χ3n) is 5.36. The first-order valence-electron chi connectivity index (χ1n) is 12.6. The van der Waals surface area contributed by atoms with Gasteiger partial charge in [0.05, 0.1) is 18.6 Å². The summed E-state index contributed by atoms with van der Waals surface area (Å²) in [5, 5.41) is 3.49. The van der Waals surface area contributed by atoms with Gasteiger partial charge in [-0.1, -0.05) is 70.5 Å². The van der Waals surface area contributed by atoms with Gasteiger partial charge >= 0.3 is 0 Å². The van der Waals surface area contributed by atoms with Crippen LogP contribution in [0.25, 0.3) is 0 Å². The van der Waals surface area contributed by atoms with Crippen LogP contribution in [0.3, 0.4) is 0 Å². The van der Waals surface area contributed by atoms with E-state index in [-0.39, 0.29) is 0 Å². The zero-order valence-electron chi connectivity index (χ0n) is 21.7. The lowest BCUT2D eigenvalue weighted by molar-refractivity contribution is 0.331. The minimum atomic E-state index is 0.679. The molecule has 0 aliphatic heterocycles. The molecule has 0 aromatic heterocycles. The lowest BCUT2D eigenvalue weighted by Gasteiger charge is -2.16. The Labute approximate surface area is 211 Å². The fraction of sp³-hybridized carbons (Fsp3) is 0.400. The smallest absolute Gasteiger partial charge is 0.133 e. The maximum absolute atomic E-state index is 6.02. The molecule has 0 atom stereocenters. The van der Waals surface area contributed by atoms with E-state index in [0.717, 1.165) is 55.0 Å². The van der Waals surface area contributed by atoms with Gasteiger partial charge in [0.1, 0.15) is 11.5 Å². The molecule has 0 radical (unpaired) electrons. The minimum Gasteiger partial charge on any atom is -0.496 e. The van der Waals surface area contributed by atoms with Crippen molar-refractivity contribution in [2.45, 2.75) is 76.6 Å². The summed E-state index contributed by atoms with van der Waals surface area (Å²) in [4.78, 5) is 2.41. The molecule has 0 amide bonds. The van der Waals surface area contributed by atoms with Crippen molar-refractivity contribution in [3.8, 4) is 11.5 Å². The number of ether oxygens (including phenoxy) is 2. The molecule has 3 aromatic rings. The van der Waals surface area contributed by atoms with E-state index >= 15 is 0 Å². The molecule has 3 aromatic carbocycles. The summed E-state index contributed by atoms with van der Waals surface area (Å²) in [6, 6.07) is 21.3. The summed E-state index contributed by atoms with van der Waals surface area (Å²) < 4.78 is 11.5. The third-order valence-corrected chi connectivity index (χ3v) is 6.41. The highest BCUT2D eigenvalue weighted by atomic mass is 32.2. The number of hydrogen-bond acceptors (Lipinski definition) is 4. The van der Waals surface area contributed by atoms with Crippen molar-refractivity contribution in [2.24, 2.45) is 0 Å². The van der Waals surface area contributed by atoms with Crippen LogP contribution >= 0.6 is 11.8 Å². The molecule has 1 N–H and O–H groups in total. The first-order valence-corrected chi connectivity index (χ1v) is 13.4. The predicted octanol–water partition coefficient (Wildman–Crippen LogP) is 8.79. The number of rotatable bonds is 12. The van der Waals surface area contributed by atoms with Crippen LogP contribution in [0.4, 0.5) is 5.69 Å². The molecule has 0 aliphatic rings. The highest BCUT2D eigenvalue weighted by Gasteiger charge is 2.12. The summed E-state index contributed by atoms with van der Waals surface area (Å²) >= 11 is 1.78. The first kappa shape index (κ1) is 27.7. The van der Waals surface area contributed by atoms with E-state index in [2.05, 4.69) is 68.6 Å². The number of hydrogen-bond donors (Lipinski definition) is 1. The van der Waals surface area contributed by atoms with Crippen LogP contribution < -0.4 is 14.8 Å². The molecular weight excluding hydrogens is 438 g/mol. The Balaban J connectivity index is 0.00000199. The average Bonchev–Trinajstić information content (AvgIpc) is 2.88. The Kier molecular flexibility index (Phi) is 12.5. The fourth-order valence-corrected chi connectivity index (χ4v) is 4.76. The van der Waals surface area contributed by atoms with Crippen LogP contribution in [0.2, 0.25) is 0 Å². The lowest BCUT2D eigenvalue weighted by Crippen LogP contribution is -2.01. The Morgan fingerprint density at radius 2 is 1.41 bits per heavy atom. The Morgan fingerprint density at radius 3 is 2.03 bits per heavy atom. The topological polar surface area (TPSA) is 30.5 Å². The van der Waals surface area contributed by atoms with Gasteiger partial charge in [0, 0.05) is 22.7 Å². The van der Waals surface area contributed by atoms with Crippen molar-refractivity contribution >= 4 is 17.4 Å². The molecule has 0 saturated carbocycles. The molecule has 0 spiro atoms. The van der Waals surface area contributed by atoms with Gasteiger partial charge in [-0.2, -0.15) is 0 Å². The summed E-state index contributed by atoms with van der Waals surface area (Å²) in [5.41, 5.74) is 5.12. The SMILES string of the molecule is CC.CCCc1cc(OCC)c(Sc2ccc(NCc3ccccc3OC)cc2)cc1CCC. The summed E-state index contributed by atoms with van der Waals surface area (Å²) in [6.45, 7) is 11.9. The van der Waals surface area contributed by atoms with Crippen molar-refractivity contribution in [3.05, 3.63) is 77.4 Å². The standard InChI is InChI=1S/C28H35NO2S.C2H6/c1-5-10-21-18-27(31-7-3)28(19-22(21)11-6-2)32-25-16-14-24(15-17-25)29-20-23-12-8-9-13-26(23)30-4;1-2/h8-9,12-19,29H,5-7,10-11,20H2,1-4H3;1-2H3. The Bertz CT molecular complexity index is 986. The van der Waals surface area contributed by atoms with Crippen molar-refractivity contribution < 1.29 is 9.47 Å². The van der Waals surface area contributed by atoms with Gasteiger partial charge in [-0.05, 0) is 73.4 Å². The van der Waals surface area contributed by atoms with Gasteiger partial charge in [-0.25, -0.2) is 0 Å². The van der Waals surface area contributed by atoms with Gasteiger partial charge in [0.15, 0.2) is 0 Å². The molecule has 3 rings (SSSR count). The summed E-state index contributed by atoms with van der Waals surface area (Å²) in [6.07, 6.45) is 4.52. The van der Waals surface area contributed by atoms with Crippen LogP contribution in [0.15, 0.2) is 70.5 Å². The van der Waals surface area contributed by atoms with E-state index in [1.165, 1.54) is 20.9 Å². The molecule has 184 valence electrons. The van der Waals surface area contributed by atoms with Gasteiger partial charge < -0.3 is 14.8 Å². The van der Waals surface area contributed by atoms with Crippen LogP contribution in [-0.4, -0.2) is 13.7 Å². The third kappa shape index (κ3) is 8.02. The molecule has 0 saturated heterocycles. The average molecular weight is 480 g/mol. The molecule has 3 nitrogen and oxygen atoms in total. The van der Waals surface area contributed by atoms with E-state index in [4.69, 9.17) is 9.47 Å². The zero-order chi connectivity index (χ0) is 24.8. The van der Waals surface area contributed by atoms with E-state index in [9.17, 15) is 0 Å². The molecule has 34 heavy (non-hydrogen) atoms. The van der Waals surface area contributed by atoms with Crippen LogP contribution in [0.5, 0.6) is 11.5 Å². The van der Waals surface area contributed by atoms with E-state index < -0.39 is 0 Å². The van der Waals surface area contributed by atoms with Crippen LogP contribution in [-0.2, 0) is 19.4 Å². The second-order valence-corrected chi connectivity index (χ2v) is 8.91. The number of para-hydroxylation sites is 1. The molecule has 0 bridgehead atoms. The molecule has 0 unspecified atom stereocenters. The van der Waals surface area contributed by atoms with E-state index in [1.54, 1.807) is 18.9 Å². The largest absolute Gasteiger partial charge is 0.496 e. The molecule has 0 fully saturated rings.